The van der Waals surface area contributed by atoms with Crippen LogP contribution in [0.4, 0.5) is 0 Å². The van der Waals surface area contributed by atoms with Crippen LogP contribution < -0.4 is 0 Å². The molecule has 0 nitrogen and oxygen atoms in total. The summed E-state index contributed by atoms with van der Waals surface area (Å²) in [5.74, 6) is 0. The molecule has 5 aromatic carbocycles. The van der Waals surface area contributed by atoms with E-state index in [1.165, 1.54) is 55.6 Å². The Morgan fingerprint density at radius 2 is 0.919 bits per heavy atom. The predicted molar refractivity (Wildman–Crippen MR) is 169 cm³/mol. The molecule has 0 amide bonds. The van der Waals surface area contributed by atoms with Gasteiger partial charge in [0.15, 0.2) is 0 Å². The van der Waals surface area contributed by atoms with Gasteiger partial charge in [0.05, 0.1) is 5.41 Å². The van der Waals surface area contributed by atoms with Crippen LogP contribution in [0.1, 0.15) is 33.4 Å². The molecule has 0 unspecified atom stereocenters. The average Bonchev–Trinajstić information content (AvgIpc) is 3.16. The van der Waals surface area contributed by atoms with E-state index in [9.17, 15) is 0 Å². The molecular formula is C33H22Br4. The minimum absolute atomic E-state index is 0.506. The molecule has 0 spiro atoms. The summed E-state index contributed by atoms with van der Waals surface area (Å²) in [5.41, 5.74) is 12.3. The van der Waals surface area contributed by atoms with E-state index in [1.807, 2.05) is 0 Å². The Morgan fingerprint density at radius 3 is 1.49 bits per heavy atom. The highest BCUT2D eigenvalue weighted by molar-refractivity contribution is 9.11. The van der Waals surface area contributed by atoms with Crippen molar-refractivity contribution in [3.8, 4) is 22.3 Å². The van der Waals surface area contributed by atoms with Gasteiger partial charge >= 0.3 is 0 Å². The second-order valence-corrected chi connectivity index (χ2v) is 13.3. The summed E-state index contributed by atoms with van der Waals surface area (Å²) in [4.78, 5) is 0. The largest absolute Gasteiger partial charge is 0.0715 e. The normalized spacial score (nSPS) is 13.4. The van der Waals surface area contributed by atoms with Gasteiger partial charge in [-0.1, -0.05) is 124 Å². The highest BCUT2D eigenvalue weighted by atomic mass is 79.9. The van der Waals surface area contributed by atoms with Gasteiger partial charge in [0.25, 0.3) is 0 Å². The first-order valence-corrected chi connectivity index (χ1v) is 15.2. The summed E-state index contributed by atoms with van der Waals surface area (Å²) in [6, 6.07) is 35.5. The van der Waals surface area contributed by atoms with E-state index >= 15 is 0 Å². The molecule has 0 atom stereocenters. The van der Waals surface area contributed by atoms with Gasteiger partial charge in [-0.25, -0.2) is 0 Å². The molecule has 0 bridgehead atoms. The lowest BCUT2D eigenvalue weighted by Crippen LogP contribution is -2.29. The van der Waals surface area contributed by atoms with E-state index in [-0.39, 0.29) is 0 Å². The Hall–Kier alpha value is -1.98. The van der Waals surface area contributed by atoms with Crippen molar-refractivity contribution >= 4 is 63.7 Å². The smallest absolute Gasteiger partial charge is 0.0620 e. The van der Waals surface area contributed by atoms with Crippen molar-refractivity contribution < 1.29 is 0 Å². The van der Waals surface area contributed by atoms with Crippen molar-refractivity contribution in [1.29, 1.82) is 0 Å². The lowest BCUT2D eigenvalue weighted by Gasteiger charge is -2.34. The first-order chi connectivity index (χ1) is 17.8. The van der Waals surface area contributed by atoms with E-state index < -0.39 is 5.41 Å². The van der Waals surface area contributed by atoms with E-state index in [2.05, 4.69) is 175 Å². The molecule has 6 rings (SSSR count). The summed E-state index contributed by atoms with van der Waals surface area (Å²) in [6.07, 6.45) is 0. The maximum absolute atomic E-state index is 3.79. The second-order valence-electron chi connectivity index (χ2n) is 9.61. The third kappa shape index (κ3) is 4.03. The SMILES string of the molecule is Cc1ccccc1-c1cccc2c1-c1c(C)cccc1C2(c1cc(Br)cc(Br)c1)c1cc(Br)cc(Br)c1. The maximum Gasteiger partial charge on any atom is 0.0715 e. The first kappa shape index (κ1) is 25.3. The Balaban J connectivity index is 1.85. The minimum Gasteiger partial charge on any atom is -0.0620 e. The molecular weight excluding hydrogens is 716 g/mol. The third-order valence-corrected chi connectivity index (χ3v) is 9.25. The fourth-order valence-corrected chi connectivity index (χ4v) is 8.61. The van der Waals surface area contributed by atoms with Crippen LogP contribution >= 0.6 is 63.7 Å². The van der Waals surface area contributed by atoms with Gasteiger partial charge in [-0.15, -0.1) is 0 Å². The van der Waals surface area contributed by atoms with Crippen LogP contribution in [0.25, 0.3) is 22.3 Å². The van der Waals surface area contributed by atoms with Crippen LogP contribution in [-0.4, -0.2) is 0 Å². The lowest BCUT2D eigenvalue weighted by atomic mass is 9.67. The summed E-state index contributed by atoms with van der Waals surface area (Å²) in [7, 11) is 0. The molecule has 5 aromatic rings. The number of hydrogen-bond donors (Lipinski definition) is 0. The minimum atomic E-state index is -0.506. The Bertz CT molecular complexity index is 1610. The van der Waals surface area contributed by atoms with Crippen LogP contribution in [0.3, 0.4) is 0 Å². The zero-order valence-corrected chi connectivity index (χ0v) is 26.6. The van der Waals surface area contributed by atoms with Crippen molar-refractivity contribution in [3.63, 3.8) is 0 Å². The molecule has 1 aliphatic rings. The second kappa shape index (κ2) is 9.64. The predicted octanol–water partition coefficient (Wildman–Crippen LogP) is 11.4. The van der Waals surface area contributed by atoms with Crippen molar-refractivity contribution in [3.05, 3.63) is 148 Å². The van der Waals surface area contributed by atoms with Gasteiger partial charge in [-0.2, -0.15) is 0 Å². The quantitative estimate of drug-likeness (QED) is 0.170. The van der Waals surface area contributed by atoms with Crippen LogP contribution in [0, 0.1) is 13.8 Å². The molecule has 0 N–H and O–H groups in total. The molecule has 0 saturated heterocycles. The molecule has 0 fully saturated rings. The van der Waals surface area contributed by atoms with Gasteiger partial charge in [0, 0.05) is 17.9 Å². The van der Waals surface area contributed by atoms with Crippen molar-refractivity contribution in [1.82, 2.24) is 0 Å². The topological polar surface area (TPSA) is 0 Å². The van der Waals surface area contributed by atoms with E-state index in [0.29, 0.717) is 0 Å². The monoisotopic (exact) mass is 734 g/mol. The number of benzene rings is 5. The van der Waals surface area contributed by atoms with Crippen LogP contribution in [0.15, 0.2) is 115 Å². The van der Waals surface area contributed by atoms with E-state index in [4.69, 9.17) is 0 Å². The van der Waals surface area contributed by atoms with Gasteiger partial charge < -0.3 is 0 Å². The Labute approximate surface area is 251 Å². The molecule has 4 heteroatoms. The molecule has 0 aliphatic heterocycles. The molecule has 0 aromatic heterocycles. The fourth-order valence-electron chi connectivity index (χ4n) is 6.02. The van der Waals surface area contributed by atoms with E-state index in [0.717, 1.165) is 17.9 Å². The third-order valence-electron chi connectivity index (χ3n) is 7.42. The first-order valence-electron chi connectivity index (χ1n) is 12.0. The van der Waals surface area contributed by atoms with Gasteiger partial charge in [-0.05, 0) is 106 Å². The molecule has 0 radical (unpaired) electrons. The van der Waals surface area contributed by atoms with Crippen LogP contribution in [0.5, 0.6) is 0 Å². The van der Waals surface area contributed by atoms with Gasteiger partial charge in [-0.3, -0.25) is 0 Å². The summed E-state index contributed by atoms with van der Waals surface area (Å²) in [6.45, 7) is 4.44. The van der Waals surface area contributed by atoms with Crippen molar-refractivity contribution in [2.24, 2.45) is 0 Å². The summed E-state index contributed by atoms with van der Waals surface area (Å²) >= 11 is 15.2. The summed E-state index contributed by atoms with van der Waals surface area (Å²) in [5, 5.41) is 0. The van der Waals surface area contributed by atoms with Crippen molar-refractivity contribution in [2.75, 3.05) is 0 Å². The lowest BCUT2D eigenvalue weighted by molar-refractivity contribution is 0.765. The van der Waals surface area contributed by atoms with Gasteiger partial charge in [0.2, 0.25) is 0 Å². The number of aryl methyl sites for hydroxylation is 2. The molecule has 0 saturated carbocycles. The standard InChI is InChI=1S/C33H22Br4/c1-19-7-3-4-9-27(19)28-10-6-12-30-32(28)31-20(2)8-5-11-29(31)33(30,21-13-23(34)17-24(35)14-21)22-15-25(36)18-26(37)16-22/h3-18H,1-2H3. The highest BCUT2D eigenvalue weighted by Gasteiger charge is 2.48. The molecule has 1 aliphatic carbocycles. The highest BCUT2D eigenvalue weighted by Crippen LogP contribution is 2.60. The van der Waals surface area contributed by atoms with Crippen LogP contribution in [-0.2, 0) is 5.41 Å². The van der Waals surface area contributed by atoms with Crippen molar-refractivity contribution in [2.45, 2.75) is 19.3 Å². The summed E-state index contributed by atoms with van der Waals surface area (Å²) < 4.78 is 4.18. The van der Waals surface area contributed by atoms with Gasteiger partial charge in [0.1, 0.15) is 0 Å². The zero-order valence-electron chi connectivity index (χ0n) is 20.2. The number of halogens is 4. The molecule has 0 heterocycles. The molecule has 182 valence electrons. The zero-order chi connectivity index (χ0) is 25.9. The number of rotatable bonds is 3. The molecule has 37 heavy (non-hydrogen) atoms. The average molecular weight is 738 g/mol. The number of fused-ring (bicyclic) bond motifs is 3. The Morgan fingerprint density at radius 1 is 0.459 bits per heavy atom. The van der Waals surface area contributed by atoms with E-state index in [1.54, 1.807) is 0 Å². The fraction of sp³-hybridized carbons (Fsp3) is 0.0909. The maximum atomic E-state index is 3.79. The number of hydrogen-bond acceptors (Lipinski definition) is 0. The van der Waals surface area contributed by atoms with Crippen LogP contribution in [0.2, 0.25) is 0 Å². The Kier molecular flexibility index (Phi) is 6.60.